The SMILES string of the molecule is C[C@H](NC(=O)[C@H](CO)NC(=O)[C@H](Cc1ccc(O)cc1)NC(=O)[C@H](CC(=O)O)NC(=O)[C@@H]1CCCN1C(=O)[C@@H]1CCCN1C(=O)[C@@H](N)CO)C(=O)N[C@@H](C)C(=O)N1CCC[C@H]1C(=O)N[C@@H](CCCN=C(N)N)C(=O)NCC(=O)N[C@@H](CCCN=C(N)N)C(=O)O. The van der Waals surface area contributed by atoms with Gasteiger partial charge in [-0.25, -0.2) is 4.79 Å². The van der Waals surface area contributed by atoms with Crippen molar-refractivity contribution in [2.75, 3.05) is 52.5 Å². The smallest absolute Gasteiger partial charge is 0.326 e. The number of nitrogens with two attached hydrogens (primary N) is 5. The quantitative estimate of drug-likeness (QED) is 0.0173. The van der Waals surface area contributed by atoms with Gasteiger partial charge in [0.25, 0.3) is 0 Å². The Balaban J connectivity index is 1.40. The lowest BCUT2D eigenvalue weighted by atomic mass is 10.0. The molecule has 36 heteroatoms. The van der Waals surface area contributed by atoms with E-state index in [0.29, 0.717) is 24.8 Å². The van der Waals surface area contributed by atoms with Crippen LogP contribution in [0.3, 0.4) is 0 Å². The van der Waals surface area contributed by atoms with E-state index in [9.17, 15) is 87.9 Å². The number of aliphatic carboxylic acids is 2. The highest BCUT2D eigenvalue weighted by atomic mass is 16.4. The van der Waals surface area contributed by atoms with Gasteiger partial charge in [0.15, 0.2) is 11.9 Å². The zero-order chi connectivity index (χ0) is 66.9. The van der Waals surface area contributed by atoms with Crippen molar-refractivity contribution in [3.05, 3.63) is 29.8 Å². The monoisotopic (exact) mass is 1270 g/mol. The van der Waals surface area contributed by atoms with Crippen molar-refractivity contribution in [3.63, 3.8) is 0 Å². The second-order valence-corrected chi connectivity index (χ2v) is 21.8. The van der Waals surface area contributed by atoms with Gasteiger partial charge >= 0.3 is 11.9 Å². The average Bonchev–Trinajstić information content (AvgIpc) is 2.47. The summed E-state index contributed by atoms with van der Waals surface area (Å²) >= 11 is 0. The molecular formula is C54H84N18O18. The number of aliphatic hydroxyl groups is 2. The molecule has 1 aromatic carbocycles. The number of phenolic OH excluding ortho intramolecular Hbond substituents is 1. The third kappa shape index (κ3) is 22.3. The Labute approximate surface area is 516 Å². The summed E-state index contributed by atoms with van der Waals surface area (Å²) in [5.74, 6) is -13.3. The number of likely N-dealkylation sites (tertiary alicyclic amines) is 3. The number of rotatable bonds is 34. The molecule has 0 saturated carbocycles. The minimum atomic E-state index is -1.86. The highest BCUT2D eigenvalue weighted by Crippen LogP contribution is 2.26. The Kier molecular flexibility index (Phi) is 28.8. The zero-order valence-corrected chi connectivity index (χ0v) is 50.0. The summed E-state index contributed by atoms with van der Waals surface area (Å²) in [4.78, 5) is 185. The molecule has 11 amide bonds. The molecule has 0 bridgehead atoms. The fourth-order valence-electron chi connectivity index (χ4n) is 10.2. The van der Waals surface area contributed by atoms with Gasteiger partial charge < -0.3 is 111 Å². The number of aliphatic hydroxyl groups excluding tert-OH is 2. The van der Waals surface area contributed by atoms with Crippen molar-refractivity contribution in [3.8, 4) is 5.75 Å². The maximum absolute atomic E-state index is 14.1. The van der Waals surface area contributed by atoms with Gasteiger partial charge in [-0.05, 0) is 95.8 Å². The molecule has 36 nitrogen and oxygen atoms in total. The molecule has 3 aliphatic rings. The summed E-state index contributed by atoms with van der Waals surface area (Å²) in [5.41, 5.74) is 27.5. The molecule has 90 heavy (non-hydrogen) atoms. The van der Waals surface area contributed by atoms with Gasteiger partial charge in [-0.3, -0.25) is 67.5 Å². The van der Waals surface area contributed by atoms with Crippen molar-refractivity contribution in [1.82, 2.24) is 57.2 Å². The van der Waals surface area contributed by atoms with Crippen molar-refractivity contribution in [2.24, 2.45) is 38.7 Å². The van der Waals surface area contributed by atoms with Crippen LogP contribution in [-0.4, -0.2) is 248 Å². The Morgan fingerprint density at radius 2 is 1.04 bits per heavy atom. The predicted molar refractivity (Wildman–Crippen MR) is 316 cm³/mol. The number of benzene rings is 1. The van der Waals surface area contributed by atoms with Crippen LogP contribution in [0.2, 0.25) is 0 Å². The van der Waals surface area contributed by atoms with Gasteiger partial charge in [0.05, 0.1) is 26.2 Å². The largest absolute Gasteiger partial charge is 0.508 e. The Hall–Kier alpha value is -9.45. The topological polar surface area (TPSA) is 584 Å². The summed E-state index contributed by atoms with van der Waals surface area (Å²) in [7, 11) is 0. The number of guanidine groups is 2. The third-order valence-corrected chi connectivity index (χ3v) is 14.9. The molecule has 4 rings (SSSR count). The fraction of sp³-hybridized carbons (Fsp3) is 0.611. The molecule has 3 fully saturated rings. The molecule has 3 saturated heterocycles. The standard InChI is InChI=1S/C54H84N18O18/c1-27(42(79)64-28(2)49(86)70-19-5-10-37(70)47(84)66-32(8-3-17-60-53(56)57)43(80)62-24-40(76)65-33(52(89)90)9-4-18-61-54(58)59)63-46(83)36(26-74)69-44(81)34(22-29-13-15-30(75)16-14-29)67-45(82)35(23-41(77)78)68-48(85)38-11-6-20-71(38)51(88)39-12-7-21-72(39)50(87)31(55)25-73/h13-16,27-28,31-39,73-75H,3-12,17-26,55H2,1-2H3,(H,62,80)(H,63,83)(H,64,79)(H,65,76)(H,66,84)(H,67,82)(H,68,85)(H,69,81)(H,77,78)(H,89,90)(H4,56,57,60)(H4,58,59,61)/t27-,28-,31-,32-,33-,34-,35-,36-,37-,38-,39-/m0/s1. The number of aromatic hydroxyl groups is 1. The fourth-order valence-corrected chi connectivity index (χ4v) is 10.2. The molecule has 0 unspecified atom stereocenters. The molecule has 23 N–H and O–H groups in total. The molecule has 11 atom stereocenters. The van der Waals surface area contributed by atoms with Crippen LogP contribution in [0.15, 0.2) is 34.3 Å². The van der Waals surface area contributed by atoms with Crippen molar-refractivity contribution < 1.29 is 87.9 Å². The number of aliphatic imine (C=N–C) groups is 2. The molecule has 0 aliphatic carbocycles. The van der Waals surface area contributed by atoms with Gasteiger partial charge in [0.2, 0.25) is 65.0 Å². The number of carbonyl (C=O) groups excluding carboxylic acids is 11. The number of hydrogen-bond acceptors (Lipinski definition) is 19. The van der Waals surface area contributed by atoms with E-state index in [1.54, 1.807) is 0 Å². The van der Waals surface area contributed by atoms with Gasteiger partial charge in [0, 0.05) is 39.1 Å². The van der Waals surface area contributed by atoms with Crippen LogP contribution in [0.5, 0.6) is 5.75 Å². The number of hydrogen-bond donors (Lipinski definition) is 18. The Bertz CT molecular complexity index is 2820. The summed E-state index contributed by atoms with van der Waals surface area (Å²) in [5, 5.41) is 68.2. The van der Waals surface area contributed by atoms with Crippen LogP contribution >= 0.6 is 0 Å². The highest BCUT2D eigenvalue weighted by molar-refractivity contribution is 6.00. The first-order valence-corrected chi connectivity index (χ1v) is 29.2. The average molecular weight is 1270 g/mol. The molecule has 0 radical (unpaired) electrons. The lowest BCUT2D eigenvalue weighted by molar-refractivity contribution is -0.148. The van der Waals surface area contributed by atoms with Crippen LogP contribution in [0.4, 0.5) is 0 Å². The zero-order valence-electron chi connectivity index (χ0n) is 50.0. The summed E-state index contributed by atoms with van der Waals surface area (Å²) in [6, 6.07) is -10.2. The molecule has 0 aromatic heterocycles. The van der Waals surface area contributed by atoms with Crippen LogP contribution in [-0.2, 0) is 68.7 Å². The van der Waals surface area contributed by atoms with Crippen molar-refractivity contribution >= 4 is 88.8 Å². The number of carboxylic acids is 2. The highest BCUT2D eigenvalue weighted by Gasteiger charge is 2.44. The van der Waals surface area contributed by atoms with Crippen LogP contribution in [0, 0.1) is 0 Å². The van der Waals surface area contributed by atoms with Gasteiger partial charge in [-0.2, -0.15) is 0 Å². The van der Waals surface area contributed by atoms with E-state index < -0.39 is 170 Å². The second-order valence-electron chi connectivity index (χ2n) is 21.8. The Morgan fingerprint density at radius 1 is 0.556 bits per heavy atom. The molecule has 3 aliphatic heterocycles. The number of carboxylic acid groups (broad SMARTS) is 2. The lowest BCUT2D eigenvalue weighted by Crippen LogP contribution is -2.61. The van der Waals surface area contributed by atoms with E-state index in [-0.39, 0.29) is 102 Å². The van der Waals surface area contributed by atoms with E-state index in [4.69, 9.17) is 28.7 Å². The number of phenols is 1. The van der Waals surface area contributed by atoms with Crippen LogP contribution in [0.1, 0.15) is 90.0 Å². The second kappa shape index (κ2) is 35.5. The van der Waals surface area contributed by atoms with E-state index in [1.807, 2.05) is 0 Å². The maximum atomic E-state index is 14.1. The molecule has 3 heterocycles. The predicted octanol–water partition coefficient (Wildman–Crippen LogP) is -8.56. The lowest BCUT2D eigenvalue weighted by Gasteiger charge is -2.32. The summed E-state index contributed by atoms with van der Waals surface area (Å²) < 4.78 is 0. The maximum Gasteiger partial charge on any atom is 0.326 e. The van der Waals surface area contributed by atoms with Crippen LogP contribution in [0.25, 0.3) is 0 Å². The van der Waals surface area contributed by atoms with E-state index in [0.717, 1.165) is 0 Å². The first kappa shape index (κ1) is 73.0. The van der Waals surface area contributed by atoms with Crippen LogP contribution < -0.4 is 71.2 Å². The number of nitrogens with zero attached hydrogens (tertiary/aromatic N) is 5. The minimum Gasteiger partial charge on any atom is -0.508 e. The number of amides is 11. The van der Waals surface area contributed by atoms with E-state index in [2.05, 4.69) is 52.5 Å². The third-order valence-electron chi connectivity index (χ3n) is 14.9. The Morgan fingerprint density at radius 3 is 1.59 bits per heavy atom. The normalized spacial score (nSPS) is 18.7. The van der Waals surface area contributed by atoms with E-state index in [1.165, 1.54) is 52.8 Å². The molecular weight excluding hydrogens is 1190 g/mol. The summed E-state index contributed by atoms with van der Waals surface area (Å²) in [6.07, 6.45) is 0.404. The van der Waals surface area contributed by atoms with E-state index >= 15 is 0 Å². The summed E-state index contributed by atoms with van der Waals surface area (Å²) in [6.45, 7) is 0.503. The molecule has 498 valence electrons. The first-order valence-electron chi connectivity index (χ1n) is 29.2. The minimum absolute atomic E-state index is 0.0402. The van der Waals surface area contributed by atoms with Crippen molar-refractivity contribution in [2.45, 2.75) is 157 Å². The first-order chi connectivity index (χ1) is 42.6. The molecule has 1 aromatic rings. The molecule has 0 spiro atoms. The van der Waals surface area contributed by atoms with Gasteiger partial charge in [-0.15, -0.1) is 0 Å². The van der Waals surface area contributed by atoms with Gasteiger partial charge in [-0.1, -0.05) is 12.1 Å². The number of nitrogens with one attached hydrogen (secondary N) is 8. The van der Waals surface area contributed by atoms with Crippen molar-refractivity contribution in [1.29, 1.82) is 0 Å². The van der Waals surface area contributed by atoms with Gasteiger partial charge in [0.1, 0.15) is 72.2 Å². The number of carbonyl (C=O) groups is 13.